The fraction of sp³-hybridized carbons (Fsp3) is 0. The van der Waals surface area contributed by atoms with E-state index in [1.807, 2.05) is 0 Å². The van der Waals surface area contributed by atoms with Gasteiger partial charge in [0.2, 0.25) is 0 Å². The Bertz CT molecular complexity index is 437. The van der Waals surface area contributed by atoms with Crippen molar-refractivity contribution in [3.8, 4) is 0 Å². The molecule has 5 heteroatoms. The number of benzene rings is 1. The maximum atomic E-state index is 13.1. The number of nitrogens with zero attached hydrogens (tertiary/aromatic N) is 1. The lowest BCUT2D eigenvalue weighted by atomic mass is 10.2. The number of aromatic nitrogens is 2. The van der Waals surface area contributed by atoms with Crippen molar-refractivity contribution in [2.45, 2.75) is 0 Å². The summed E-state index contributed by atoms with van der Waals surface area (Å²) in [5.41, 5.74) is 6.03. The molecule has 0 fully saturated rings. The molecule has 62 valence electrons. The van der Waals surface area contributed by atoms with Gasteiger partial charge in [-0.15, -0.1) is 0 Å². The predicted octanol–water partition coefficient (Wildman–Crippen LogP) is 2.05. The molecule has 2 rings (SSSR count). The highest BCUT2D eigenvalue weighted by molar-refractivity contribution is 9.10. The van der Waals surface area contributed by atoms with Gasteiger partial charge in [0.05, 0.1) is 10.9 Å². The largest absolute Gasteiger partial charge is 0.382 e. The van der Waals surface area contributed by atoms with Crippen molar-refractivity contribution >= 4 is 32.7 Å². The molecule has 0 saturated heterocycles. The van der Waals surface area contributed by atoms with Gasteiger partial charge in [-0.25, -0.2) is 4.39 Å². The van der Waals surface area contributed by atoms with Crippen LogP contribution in [0.15, 0.2) is 16.6 Å². The summed E-state index contributed by atoms with van der Waals surface area (Å²) in [5, 5.41) is 6.67. The normalized spacial score (nSPS) is 10.8. The van der Waals surface area contributed by atoms with E-state index in [4.69, 9.17) is 5.73 Å². The quantitative estimate of drug-likeness (QED) is 0.727. The smallest absolute Gasteiger partial charge is 0.156 e. The highest BCUT2D eigenvalue weighted by Crippen LogP contribution is 2.27. The van der Waals surface area contributed by atoms with Crippen LogP contribution in [0.5, 0.6) is 0 Å². The van der Waals surface area contributed by atoms with Gasteiger partial charge in [0, 0.05) is 4.47 Å². The van der Waals surface area contributed by atoms with E-state index >= 15 is 0 Å². The first kappa shape index (κ1) is 7.54. The SMILES string of the molecule is Nc1n[nH]c2c(Br)ccc(F)c12. The average Bonchev–Trinajstić information content (AvgIpc) is 2.42. The Morgan fingerprint density at radius 3 is 2.92 bits per heavy atom. The Labute approximate surface area is 75.9 Å². The molecule has 2 aromatic rings. The summed E-state index contributed by atoms with van der Waals surface area (Å²) in [6.45, 7) is 0. The number of fused-ring (bicyclic) bond motifs is 1. The van der Waals surface area contributed by atoms with Crippen molar-refractivity contribution in [3.05, 3.63) is 22.4 Å². The molecule has 0 aliphatic carbocycles. The van der Waals surface area contributed by atoms with Crippen molar-refractivity contribution < 1.29 is 4.39 Å². The molecule has 12 heavy (non-hydrogen) atoms. The maximum absolute atomic E-state index is 13.1. The summed E-state index contributed by atoms with van der Waals surface area (Å²) in [7, 11) is 0. The van der Waals surface area contributed by atoms with Crippen LogP contribution in [0.1, 0.15) is 0 Å². The molecule has 3 N–H and O–H groups in total. The average molecular weight is 230 g/mol. The molecule has 0 radical (unpaired) electrons. The molecule has 0 spiro atoms. The third kappa shape index (κ3) is 0.896. The van der Waals surface area contributed by atoms with Gasteiger partial charge >= 0.3 is 0 Å². The van der Waals surface area contributed by atoms with Gasteiger partial charge in [-0.3, -0.25) is 5.10 Å². The Hall–Kier alpha value is -1.10. The highest BCUT2D eigenvalue weighted by Gasteiger charge is 2.09. The van der Waals surface area contributed by atoms with Crippen LogP contribution in [0.3, 0.4) is 0 Å². The molecule has 1 aromatic heterocycles. The number of halogens is 2. The number of aromatic amines is 1. The van der Waals surface area contributed by atoms with Crippen molar-refractivity contribution in [1.82, 2.24) is 10.2 Å². The number of rotatable bonds is 0. The van der Waals surface area contributed by atoms with Gasteiger partial charge in [-0.2, -0.15) is 5.10 Å². The molecule has 0 atom stereocenters. The molecule has 3 nitrogen and oxygen atoms in total. The zero-order chi connectivity index (χ0) is 8.72. The topological polar surface area (TPSA) is 54.7 Å². The zero-order valence-electron chi connectivity index (χ0n) is 5.94. The molecule has 0 unspecified atom stereocenters. The Balaban J connectivity index is 2.98. The first-order valence-electron chi connectivity index (χ1n) is 3.27. The minimum Gasteiger partial charge on any atom is -0.382 e. The second kappa shape index (κ2) is 2.45. The fourth-order valence-corrected chi connectivity index (χ4v) is 1.50. The van der Waals surface area contributed by atoms with E-state index in [0.29, 0.717) is 10.9 Å². The van der Waals surface area contributed by atoms with Crippen LogP contribution >= 0.6 is 15.9 Å². The molecule has 0 amide bonds. The highest BCUT2D eigenvalue weighted by atomic mass is 79.9. The van der Waals surface area contributed by atoms with Crippen LogP contribution in [0, 0.1) is 5.82 Å². The second-order valence-corrected chi connectivity index (χ2v) is 3.24. The number of hydrogen-bond acceptors (Lipinski definition) is 2. The number of nitrogens with two attached hydrogens (primary N) is 1. The lowest BCUT2D eigenvalue weighted by Crippen LogP contribution is -1.86. The summed E-state index contributed by atoms with van der Waals surface area (Å²) in [6, 6.07) is 2.95. The monoisotopic (exact) mass is 229 g/mol. The number of nitrogens with one attached hydrogen (secondary N) is 1. The number of anilines is 1. The molecular formula is C7H5BrFN3. The summed E-state index contributed by atoms with van der Waals surface area (Å²) in [4.78, 5) is 0. The second-order valence-electron chi connectivity index (χ2n) is 2.39. The lowest BCUT2D eigenvalue weighted by molar-refractivity contribution is 0.640. The summed E-state index contributed by atoms with van der Waals surface area (Å²) >= 11 is 3.25. The van der Waals surface area contributed by atoms with Crippen molar-refractivity contribution in [2.24, 2.45) is 0 Å². The van der Waals surface area contributed by atoms with Gasteiger partial charge in [0.1, 0.15) is 5.82 Å². The van der Waals surface area contributed by atoms with Gasteiger partial charge in [-0.05, 0) is 28.1 Å². The standard InChI is InChI=1S/C7H5BrFN3/c8-3-1-2-4(9)5-6(3)11-12-7(5)10/h1-2H,(H3,10,11,12). The molecular weight excluding hydrogens is 225 g/mol. The van der Waals surface area contributed by atoms with E-state index in [2.05, 4.69) is 26.1 Å². The van der Waals surface area contributed by atoms with Crippen LogP contribution < -0.4 is 5.73 Å². The van der Waals surface area contributed by atoms with Crippen molar-refractivity contribution in [2.75, 3.05) is 5.73 Å². The van der Waals surface area contributed by atoms with Crippen LogP contribution in [0.25, 0.3) is 10.9 Å². The van der Waals surface area contributed by atoms with Crippen LogP contribution in [-0.2, 0) is 0 Å². The third-order valence-corrected chi connectivity index (χ3v) is 2.31. The number of nitrogen functional groups attached to an aromatic ring is 1. The van der Waals surface area contributed by atoms with Gasteiger partial charge in [-0.1, -0.05) is 0 Å². The molecule has 0 saturated carbocycles. The fourth-order valence-electron chi connectivity index (χ4n) is 1.08. The minimum atomic E-state index is -0.362. The maximum Gasteiger partial charge on any atom is 0.156 e. The molecule has 1 heterocycles. The number of hydrogen-bond donors (Lipinski definition) is 2. The predicted molar refractivity (Wildman–Crippen MR) is 48.2 cm³/mol. The van der Waals surface area contributed by atoms with Crippen LogP contribution in [0.2, 0.25) is 0 Å². The van der Waals surface area contributed by atoms with E-state index in [9.17, 15) is 4.39 Å². The van der Waals surface area contributed by atoms with Crippen LogP contribution in [-0.4, -0.2) is 10.2 Å². The summed E-state index contributed by atoms with van der Waals surface area (Å²) < 4.78 is 13.9. The molecule has 0 aliphatic heterocycles. The molecule has 0 aliphatic rings. The van der Waals surface area contributed by atoms with E-state index in [1.54, 1.807) is 6.07 Å². The van der Waals surface area contributed by atoms with Crippen molar-refractivity contribution in [3.63, 3.8) is 0 Å². The summed E-state index contributed by atoms with van der Waals surface area (Å²) in [6.07, 6.45) is 0. The first-order valence-corrected chi connectivity index (χ1v) is 4.07. The molecule has 1 aromatic carbocycles. The van der Waals surface area contributed by atoms with E-state index in [0.717, 1.165) is 4.47 Å². The van der Waals surface area contributed by atoms with E-state index in [1.165, 1.54) is 6.07 Å². The minimum absolute atomic E-state index is 0.184. The van der Waals surface area contributed by atoms with E-state index < -0.39 is 0 Å². The Morgan fingerprint density at radius 2 is 2.25 bits per heavy atom. The van der Waals surface area contributed by atoms with Crippen molar-refractivity contribution in [1.29, 1.82) is 0 Å². The number of H-pyrrole nitrogens is 1. The Kier molecular flexibility index (Phi) is 1.54. The summed E-state index contributed by atoms with van der Waals surface area (Å²) in [5.74, 6) is -0.178. The van der Waals surface area contributed by atoms with Crippen LogP contribution in [0.4, 0.5) is 10.2 Å². The molecule has 0 bridgehead atoms. The lowest BCUT2D eigenvalue weighted by Gasteiger charge is -1.94. The third-order valence-electron chi connectivity index (χ3n) is 1.65. The van der Waals surface area contributed by atoms with Gasteiger partial charge < -0.3 is 5.73 Å². The Morgan fingerprint density at radius 1 is 1.50 bits per heavy atom. The van der Waals surface area contributed by atoms with Gasteiger partial charge in [0.15, 0.2) is 5.82 Å². The van der Waals surface area contributed by atoms with Gasteiger partial charge in [0.25, 0.3) is 0 Å². The first-order chi connectivity index (χ1) is 5.70. The zero-order valence-corrected chi connectivity index (χ0v) is 7.52. The van der Waals surface area contributed by atoms with E-state index in [-0.39, 0.29) is 11.6 Å².